The minimum Gasteiger partial charge on any atom is -0.302 e. The van der Waals surface area contributed by atoms with Crippen LogP contribution in [-0.4, -0.2) is 56.1 Å². The Labute approximate surface area is 207 Å². The van der Waals surface area contributed by atoms with Gasteiger partial charge >= 0.3 is 0 Å². The van der Waals surface area contributed by atoms with Crippen molar-refractivity contribution in [2.75, 3.05) is 36.8 Å². The van der Waals surface area contributed by atoms with Gasteiger partial charge in [-0.2, -0.15) is 0 Å². The molecule has 0 bridgehead atoms. The third-order valence-electron chi connectivity index (χ3n) is 5.84. The van der Waals surface area contributed by atoms with Gasteiger partial charge in [-0.3, -0.25) is 9.69 Å². The van der Waals surface area contributed by atoms with Crippen LogP contribution in [0.15, 0.2) is 41.3 Å². The van der Waals surface area contributed by atoms with Gasteiger partial charge in [0.2, 0.25) is 0 Å². The van der Waals surface area contributed by atoms with E-state index in [2.05, 4.69) is 44.7 Å². The number of hydrogen-bond donors (Lipinski definition) is 0. The van der Waals surface area contributed by atoms with E-state index >= 15 is 0 Å². The molecule has 0 saturated carbocycles. The zero-order chi connectivity index (χ0) is 23.5. The van der Waals surface area contributed by atoms with Crippen molar-refractivity contribution < 1.29 is 13.2 Å². The highest BCUT2D eigenvalue weighted by molar-refractivity contribution is 7.91. The Hall–Kier alpha value is -2.00. The maximum atomic E-state index is 13.5. The first-order valence-electron chi connectivity index (χ1n) is 10.9. The summed E-state index contributed by atoms with van der Waals surface area (Å²) in [6.07, 6.45) is 0. The van der Waals surface area contributed by atoms with Gasteiger partial charge in [-0.1, -0.05) is 32.1 Å². The van der Waals surface area contributed by atoms with Gasteiger partial charge in [0.1, 0.15) is 0 Å². The molecular formula is C24H32ClN3O3S2. The first kappa shape index (κ1) is 27.2. The summed E-state index contributed by atoms with van der Waals surface area (Å²) >= 11 is 1.51. The molecule has 1 aromatic heterocycles. The normalized spacial score (nSPS) is 11.6. The first-order valence-corrected chi connectivity index (χ1v) is 13.4. The van der Waals surface area contributed by atoms with Crippen LogP contribution in [0.1, 0.15) is 42.3 Å². The Balaban J connectivity index is 0.00000385. The number of hydrogen-bond acceptors (Lipinski definition) is 6. The summed E-state index contributed by atoms with van der Waals surface area (Å²) in [5.41, 5.74) is 3.70. The number of aryl methyl sites for hydroxylation is 2. The number of anilines is 1. The van der Waals surface area contributed by atoms with Crippen molar-refractivity contribution in [1.82, 2.24) is 9.88 Å². The zero-order valence-electron chi connectivity index (χ0n) is 19.8. The van der Waals surface area contributed by atoms with E-state index in [1.807, 2.05) is 0 Å². The summed E-state index contributed by atoms with van der Waals surface area (Å²) in [5.74, 6) is -0.147. The SMILES string of the molecule is CCN(CC)CCN(C(=O)c1ccc(S(=O)(=O)CC)cc1)c1nc2cc(C)c(C)cc2s1.Cl. The van der Waals surface area contributed by atoms with Gasteiger partial charge in [-0.05, 0) is 74.5 Å². The van der Waals surface area contributed by atoms with E-state index in [0.29, 0.717) is 17.2 Å². The molecule has 0 aliphatic carbocycles. The van der Waals surface area contributed by atoms with Crippen LogP contribution in [0.4, 0.5) is 5.13 Å². The van der Waals surface area contributed by atoms with Crippen LogP contribution in [-0.2, 0) is 9.84 Å². The Kier molecular flexibility index (Phi) is 9.43. The molecular weight excluding hydrogens is 478 g/mol. The number of fused-ring (bicyclic) bond motifs is 1. The zero-order valence-corrected chi connectivity index (χ0v) is 22.2. The summed E-state index contributed by atoms with van der Waals surface area (Å²) in [6, 6.07) is 10.4. The standard InChI is InChI=1S/C24H31N3O3S2.ClH/c1-6-26(7-2)13-14-27(24-25-21-15-17(4)18(5)16-22(21)31-24)23(28)19-9-11-20(12-10-19)32(29,30)8-3;/h9-12,15-16H,6-8,13-14H2,1-5H3;1H. The fraction of sp³-hybridized carbons (Fsp3) is 0.417. The van der Waals surface area contributed by atoms with Gasteiger partial charge in [0, 0.05) is 18.7 Å². The quantitative estimate of drug-likeness (QED) is 0.400. The molecule has 3 aromatic rings. The third kappa shape index (κ3) is 6.12. The van der Waals surface area contributed by atoms with Gasteiger partial charge in [0.25, 0.3) is 5.91 Å². The molecule has 33 heavy (non-hydrogen) atoms. The van der Waals surface area contributed by atoms with E-state index in [1.165, 1.54) is 34.6 Å². The number of sulfone groups is 1. The van der Waals surface area contributed by atoms with Crippen LogP contribution in [0.3, 0.4) is 0 Å². The number of carbonyl (C=O) groups is 1. The van der Waals surface area contributed by atoms with Crippen LogP contribution in [0.5, 0.6) is 0 Å². The number of halogens is 1. The second-order valence-corrected chi connectivity index (χ2v) is 11.1. The van der Waals surface area contributed by atoms with Crippen molar-refractivity contribution in [2.24, 2.45) is 0 Å². The van der Waals surface area contributed by atoms with E-state index in [4.69, 9.17) is 4.98 Å². The maximum Gasteiger partial charge on any atom is 0.260 e. The highest BCUT2D eigenvalue weighted by Crippen LogP contribution is 2.31. The Bertz CT molecular complexity index is 1160. The van der Waals surface area contributed by atoms with E-state index in [1.54, 1.807) is 24.0 Å². The van der Waals surface area contributed by atoms with Crippen molar-refractivity contribution in [3.05, 3.63) is 53.1 Å². The number of rotatable bonds is 9. The molecule has 0 N–H and O–H groups in total. The third-order valence-corrected chi connectivity index (χ3v) is 8.63. The van der Waals surface area contributed by atoms with Crippen molar-refractivity contribution >= 4 is 54.8 Å². The number of aromatic nitrogens is 1. The van der Waals surface area contributed by atoms with Crippen molar-refractivity contribution in [3.8, 4) is 0 Å². The average Bonchev–Trinajstić information content (AvgIpc) is 3.19. The van der Waals surface area contributed by atoms with E-state index in [0.717, 1.165) is 29.9 Å². The highest BCUT2D eigenvalue weighted by Gasteiger charge is 2.23. The van der Waals surface area contributed by atoms with Gasteiger partial charge in [0.15, 0.2) is 15.0 Å². The molecule has 0 unspecified atom stereocenters. The molecule has 2 aromatic carbocycles. The molecule has 0 saturated heterocycles. The van der Waals surface area contributed by atoms with Crippen molar-refractivity contribution in [2.45, 2.75) is 39.5 Å². The fourth-order valence-corrected chi connectivity index (χ4v) is 5.43. The lowest BCUT2D eigenvalue weighted by Gasteiger charge is -2.24. The predicted molar refractivity (Wildman–Crippen MR) is 140 cm³/mol. The number of likely N-dealkylation sites (N-methyl/N-ethyl adjacent to an activating group) is 1. The largest absolute Gasteiger partial charge is 0.302 e. The van der Waals surface area contributed by atoms with Gasteiger partial charge in [-0.25, -0.2) is 13.4 Å². The summed E-state index contributed by atoms with van der Waals surface area (Å²) in [4.78, 5) is 22.5. The molecule has 0 spiro atoms. The Morgan fingerprint density at radius 3 is 2.15 bits per heavy atom. The monoisotopic (exact) mass is 509 g/mol. The van der Waals surface area contributed by atoms with Gasteiger partial charge in [0.05, 0.1) is 20.9 Å². The van der Waals surface area contributed by atoms with Crippen molar-refractivity contribution in [3.63, 3.8) is 0 Å². The summed E-state index contributed by atoms with van der Waals surface area (Å²) in [7, 11) is -3.31. The summed E-state index contributed by atoms with van der Waals surface area (Å²) < 4.78 is 25.3. The fourth-order valence-electron chi connectivity index (χ4n) is 3.48. The summed E-state index contributed by atoms with van der Waals surface area (Å²) in [5, 5.41) is 0.660. The minimum atomic E-state index is -3.31. The number of nitrogens with zero attached hydrogens (tertiary/aromatic N) is 3. The number of benzene rings is 2. The van der Waals surface area contributed by atoms with Gasteiger partial charge < -0.3 is 4.90 Å². The smallest absolute Gasteiger partial charge is 0.260 e. The Morgan fingerprint density at radius 2 is 1.58 bits per heavy atom. The number of thiazole rings is 1. The van der Waals surface area contributed by atoms with Crippen molar-refractivity contribution in [1.29, 1.82) is 0 Å². The molecule has 0 aliphatic rings. The van der Waals surface area contributed by atoms with E-state index in [9.17, 15) is 13.2 Å². The molecule has 0 fully saturated rings. The van der Waals surface area contributed by atoms with Crippen LogP contribution in [0.25, 0.3) is 10.2 Å². The highest BCUT2D eigenvalue weighted by atomic mass is 35.5. The average molecular weight is 510 g/mol. The maximum absolute atomic E-state index is 13.5. The van der Waals surface area contributed by atoms with Crippen LogP contribution >= 0.6 is 23.7 Å². The molecule has 1 amide bonds. The molecule has 0 aliphatic heterocycles. The molecule has 6 nitrogen and oxygen atoms in total. The van der Waals surface area contributed by atoms with Crippen LogP contribution < -0.4 is 4.90 Å². The summed E-state index contributed by atoms with van der Waals surface area (Å²) in [6.45, 7) is 13.0. The predicted octanol–water partition coefficient (Wildman–Crippen LogP) is 5.12. The second-order valence-electron chi connectivity index (χ2n) is 7.81. The van der Waals surface area contributed by atoms with Gasteiger partial charge in [-0.15, -0.1) is 12.4 Å². The Morgan fingerprint density at radius 1 is 0.970 bits per heavy atom. The molecule has 0 atom stereocenters. The second kappa shape index (κ2) is 11.4. The lowest BCUT2D eigenvalue weighted by molar-refractivity contribution is 0.0983. The van der Waals surface area contributed by atoms with Crippen LogP contribution in [0.2, 0.25) is 0 Å². The number of carbonyl (C=O) groups excluding carboxylic acids is 1. The van der Waals surface area contributed by atoms with E-state index in [-0.39, 0.29) is 29.0 Å². The molecule has 1 heterocycles. The topological polar surface area (TPSA) is 70.6 Å². The number of amides is 1. The molecule has 3 rings (SSSR count). The molecule has 0 radical (unpaired) electrons. The first-order chi connectivity index (χ1) is 15.2. The minimum absolute atomic E-state index is 0. The lowest BCUT2D eigenvalue weighted by Crippen LogP contribution is -2.38. The lowest BCUT2D eigenvalue weighted by atomic mass is 10.1. The molecule has 9 heteroatoms. The van der Waals surface area contributed by atoms with E-state index < -0.39 is 9.84 Å². The molecule has 180 valence electrons. The van der Waals surface area contributed by atoms with Crippen LogP contribution in [0, 0.1) is 13.8 Å².